The fraction of sp³-hybridized carbons (Fsp3) is 0.111. The standard InChI is InChI=1S/C18H18N4O2S/c1-11(23)20-13-4-3-5-14(9-13)21-18-22-16(10-25-18)12-6-7-17(24-2)15(19)8-12/h3-10H,19H2,1-2H3,(H,20,23)(H,21,22). The van der Waals surface area contributed by atoms with E-state index in [1.54, 1.807) is 7.11 Å². The van der Waals surface area contributed by atoms with Crippen LogP contribution in [0.4, 0.5) is 22.2 Å². The van der Waals surface area contributed by atoms with Crippen molar-refractivity contribution < 1.29 is 9.53 Å². The van der Waals surface area contributed by atoms with Crippen LogP contribution in [-0.4, -0.2) is 18.0 Å². The summed E-state index contributed by atoms with van der Waals surface area (Å²) < 4.78 is 5.17. The van der Waals surface area contributed by atoms with E-state index in [1.807, 2.05) is 47.8 Å². The minimum Gasteiger partial charge on any atom is -0.495 e. The number of hydrogen-bond acceptors (Lipinski definition) is 6. The lowest BCUT2D eigenvalue weighted by Gasteiger charge is -2.07. The molecule has 0 fully saturated rings. The number of methoxy groups -OCH3 is 1. The van der Waals surface area contributed by atoms with Crippen molar-refractivity contribution in [2.45, 2.75) is 6.92 Å². The maximum absolute atomic E-state index is 11.2. The van der Waals surface area contributed by atoms with Gasteiger partial charge in [-0.15, -0.1) is 11.3 Å². The Bertz CT molecular complexity index is 908. The lowest BCUT2D eigenvalue weighted by molar-refractivity contribution is -0.114. The van der Waals surface area contributed by atoms with Crippen molar-refractivity contribution in [3.05, 3.63) is 47.8 Å². The largest absolute Gasteiger partial charge is 0.495 e. The zero-order valence-electron chi connectivity index (χ0n) is 13.9. The monoisotopic (exact) mass is 354 g/mol. The van der Waals surface area contributed by atoms with Crippen LogP contribution in [0.1, 0.15) is 6.92 Å². The molecule has 25 heavy (non-hydrogen) atoms. The van der Waals surface area contributed by atoms with Gasteiger partial charge in [-0.3, -0.25) is 4.79 Å². The third-order valence-corrected chi connectivity index (χ3v) is 4.22. The average molecular weight is 354 g/mol. The molecule has 3 aromatic rings. The smallest absolute Gasteiger partial charge is 0.221 e. The molecule has 1 heterocycles. The number of nitrogens with one attached hydrogen (secondary N) is 2. The first kappa shape index (κ1) is 16.8. The number of thiazole rings is 1. The second-order valence-corrected chi connectivity index (χ2v) is 6.24. The Labute approximate surface area is 149 Å². The molecule has 0 aliphatic carbocycles. The zero-order valence-corrected chi connectivity index (χ0v) is 14.7. The van der Waals surface area contributed by atoms with E-state index in [1.165, 1.54) is 18.3 Å². The number of aromatic nitrogens is 1. The Kier molecular flexibility index (Phi) is 4.85. The summed E-state index contributed by atoms with van der Waals surface area (Å²) in [5.74, 6) is 0.540. The van der Waals surface area contributed by atoms with Crippen molar-refractivity contribution in [1.82, 2.24) is 4.98 Å². The van der Waals surface area contributed by atoms with E-state index < -0.39 is 0 Å². The van der Waals surface area contributed by atoms with Crippen molar-refractivity contribution in [2.24, 2.45) is 0 Å². The number of amides is 1. The van der Waals surface area contributed by atoms with Crippen molar-refractivity contribution in [3.63, 3.8) is 0 Å². The molecule has 2 aromatic carbocycles. The van der Waals surface area contributed by atoms with Crippen LogP contribution in [0, 0.1) is 0 Å². The van der Waals surface area contributed by atoms with Crippen molar-refractivity contribution in [1.29, 1.82) is 0 Å². The van der Waals surface area contributed by atoms with E-state index >= 15 is 0 Å². The molecular formula is C18H18N4O2S. The number of ether oxygens (including phenoxy) is 1. The molecule has 0 saturated carbocycles. The predicted molar refractivity (Wildman–Crippen MR) is 103 cm³/mol. The number of anilines is 4. The quantitative estimate of drug-likeness (QED) is 0.600. The van der Waals surface area contributed by atoms with Crippen LogP contribution >= 0.6 is 11.3 Å². The van der Waals surface area contributed by atoms with Gasteiger partial charge in [-0.25, -0.2) is 4.98 Å². The first-order chi connectivity index (χ1) is 12.0. The van der Waals surface area contributed by atoms with Crippen LogP contribution in [0.3, 0.4) is 0 Å². The molecule has 4 N–H and O–H groups in total. The molecule has 0 unspecified atom stereocenters. The number of carbonyl (C=O) groups excluding carboxylic acids is 1. The molecule has 0 aliphatic rings. The molecule has 0 spiro atoms. The summed E-state index contributed by atoms with van der Waals surface area (Å²) in [6.45, 7) is 1.48. The minimum absolute atomic E-state index is 0.106. The van der Waals surface area contributed by atoms with Gasteiger partial charge in [0.2, 0.25) is 5.91 Å². The van der Waals surface area contributed by atoms with Gasteiger partial charge in [-0.2, -0.15) is 0 Å². The van der Waals surface area contributed by atoms with Crippen LogP contribution in [0.25, 0.3) is 11.3 Å². The van der Waals surface area contributed by atoms with Crippen LogP contribution in [0.2, 0.25) is 0 Å². The van der Waals surface area contributed by atoms with Gasteiger partial charge in [0.05, 0.1) is 18.5 Å². The first-order valence-corrected chi connectivity index (χ1v) is 8.47. The maximum Gasteiger partial charge on any atom is 0.221 e. The molecule has 0 radical (unpaired) electrons. The Hall–Kier alpha value is -3.06. The molecule has 128 valence electrons. The van der Waals surface area contributed by atoms with E-state index in [-0.39, 0.29) is 5.91 Å². The highest BCUT2D eigenvalue weighted by Crippen LogP contribution is 2.31. The number of benzene rings is 2. The van der Waals surface area contributed by atoms with Crippen molar-refractivity contribution in [2.75, 3.05) is 23.5 Å². The Balaban J connectivity index is 1.78. The van der Waals surface area contributed by atoms with Crippen LogP contribution in [0.15, 0.2) is 47.8 Å². The third kappa shape index (κ3) is 4.07. The van der Waals surface area contributed by atoms with Gasteiger partial charge in [-0.05, 0) is 36.4 Å². The average Bonchev–Trinajstić information content (AvgIpc) is 3.03. The molecule has 6 nitrogen and oxygen atoms in total. The van der Waals surface area contributed by atoms with Gasteiger partial charge in [0, 0.05) is 29.2 Å². The van der Waals surface area contributed by atoms with Gasteiger partial charge >= 0.3 is 0 Å². The highest BCUT2D eigenvalue weighted by atomic mass is 32.1. The molecular weight excluding hydrogens is 336 g/mol. The molecule has 3 rings (SSSR count). The summed E-state index contributed by atoms with van der Waals surface area (Å²) in [4.78, 5) is 15.7. The zero-order chi connectivity index (χ0) is 17.8. The number of rotatable bonds is 5. The summed E-state index contributed by atoms with van der Waals surface area (Å²) in [5.41, 5.74) is 9.87. The number of nitrogens with zero attached hydrogens (tertiary/aromatic N) is 1. The highest BCUT2D eigenvalue weighted by molar-refractivity contribution is 7.14. The van der Waals surface area contributed by atoms with Gasteiger partial charge in [0.25, 0.3) is 0 Å². The van der Waals surface area contributed by atoms with Crippen LogP contribution < -0.4 is 21.1 Å². The molecule has 0 aliphatic heterocycles. The second-order valence-electron chi connectivity index (χ2n) is 5.38. The number of nitrogens with two attached hydrogens (primary N) is 1. The third-order valence-electron chi connectivity index (χ3n) is 3.46. The maximum atomic E-state index is 11.2. The summed E-state index contributed by atoms with van der Waals surface area (Å²) in [5, 5.41) is 8.72. The van der Waals surface area contributed by atoms with Gasteiger partial charge in [0.15, 0.2) is 5.13 Å². The fourth-order valence-corrected chi connectivity index (χ4v) is 3.10. The van der Waals surface area contributed by atoms with Gasteiger partial charge in [-0.1, -0.05) is 6.07 Å². The molecule has 1 aromatic heterocycles. The van der Waals surface area contributed by atoms with Gasteiger partial charge < -0.3 is 21.1 Å². The lowest BCUT2D eigenvalue weighted by atomic mass is 10.1. The normalized spacial score (nSPS) is 10.3. The minimum atomic E-state index is -0.106. The summed E-state index contributed by atoms with van der Waals surface area (Å²) >= 11 is 1.49. The molecule has 0 bridgehead atoms. The van der Waals surface area contributed by atoms with Crippen molar-refractivity contribution in [3.8, 4) is 17.0 Å². The first-order valence-electron chi connectivity index (χ1n) is 7.59. The Morgan fingerprint density at radius 2 is 2.00 bits per heavy atom. The Morgan fingerprint density at radius 1 is 1.20 bits per heavy atom. The van der Waals surface area contributed by atoms with E-state index in [9.17, 15) is 4.79 Å². The number of hydrogen-bond donors (Lipinski definition) is 3. The lowest BCUT2D eigenvalue weighted by Crippen LogP contribution is -2.05. The van der Waals surface area contributed by atoms with E-state index in [0.29, 0.717) is 11.4 Å². The Morgan fingerprint density at radius 3 is 2.72 bits per heavy atom. The molecule has 7 heteroatoms. The SMILES string of the molecule is COc1ccc(-c2csc(Nc3cccc(NC(C)=O)c3)n2)cc1N. The topological polar surface area (TPSA) is 89.3 Å². The predicted octanol–water partition coefficient (Wildman–Crippen LogP) is 4.10. The van der Waals surface area contributed by atoms with E-state index in [0.717, 1.165) is 27.8 Å². The molecule has 0 saturated heterocycles. The van der Waals surface area contributed by atoms with Crippen LogP contribution in [-0.2, 0) is 4.79 Å². The molecule has 0 atom stereocenters. The molecule has 1 amide bonds. The summed E-state index contributed by atoms with van der Waals surface area (Å²) in [6, 6.07) is 13.1. The highest BCUT2D eigenvalue weighted by Gasteiger charge is 2.08. The van der Waals surface area contributed by atoms with Crippen LogP contribution in [0.5, 0.6) is 5.75 Å². The van der Waals surface area contributed by atoms with E-state index in [2.05, 4.69) is 15.6 Å². The fourth-order valence-electron chi connectivity index (χ4n) is 2.36. The van der Waals surface area contributed by atoms with E-state index in [4.69, 9.17) is 10.5 Å². The number of nitrogen functional groups attached to an aromatic ring is 1. The second kappa shape index (κ2) is 7.23. The van der Waals surface area contributed by atoms with Gasteiger partial charge in [0.1, 0.15) is 5.75 Å². The number of carbonyl (C=O) groups is 1. The summed E-state index contributed by atoms with van der Waals surface area (Å²) in [7, 11) is 1.59. The van der Waals surface area contributed by atoms with Crippen molar-refractivity contribution >= 4 is 39.4 Å². The summed E-state index contributed by atoms with van der Waals surface area (Å²) in [6.07, 6.45) is 0.